The molecule has 0 amide bonds. The molecule has 0 spiro atoms. The zero-order valence-electron chi connectivity index (χ0n) is 15.9. The molecule has 0 saturated heterocycles. The van der Waals surface area contributed by atoms with Crippen molar-refractivity contribution < 1.29 is 14.7 Å². The minimum Gasteiger partial charge on any atom is -0.508 e. The Morgan fingerprint density at radius 2 is 1.07 bits per heavy atom. The van der Waals surface area contributed by atoms with E-state index in [0.29, 0.717) is 12.8 Å². The van der Waals surface area contributed by atoms with Crippen LogP contribution in [0.2, 0.25) is 0 Å². The third kappa shape index (κ3) is 4.43. The second-order valence-electron chi connectivity index (χ2n) is 7.15. The molecule has 3 aromatic rings. The normalized spacial score (nSPS) is 10.8. The van der Waals surface area contributed by atoms with Crippen molar-refractivity contribution in [3.05, 3.63) is 87.5 Å². The van der Waals surface area contributed by atoms with Crippen LogP contribution >= 0.6 is 9.47 Å². The highest BCUT2D eigenvalue weighted by molar-refractivity contribution is 7.10. The van der Waals surface area contributed by atoms with Crippen LogP contribution in [0, 0.1) is 20.8 Å². The fraction of sp³-hybridized carbons (Fsp3) is 0.217. The van der Waals surface area contributed by atoms with E-state index in [9.17, 15) is 10.2 Å². The van der Waals surface area contributed by atoms with Crippen molar-refractivity contribution in [2.45, 2.75) is 33.6 Å². The van der Waals surface area contributed by atoms with Crippen molar-refractivity contribution in [1.82, 2.24) is 0 Å². The molecule has 0 saturated carbocycles. The number of phenols is 2. The summed E-state index contributed by atoms with van der Waals surface area (Å²) in [6, 6.07) is 15.4. The number of phenolic OH excluding ortho intramolecular Hbond substituents is 2. The van der Waals surface area contributed by atoms with Crippen LogP contribution in [0.1, 0.15) is 38.9 Å². The lowest BCUT2D eigenvalue weighted by Crippen LogP contribution is -2.00. The van der Waals surface area contributed by atoms with Gasteiger partial charge >= 0.3 is 0 Å². The SMILES string of the molecule is Cc1ccc(O)c(Cc2cc(C)cc(Cc3cc(C)ccc3O)c2OP)c1. The lowest BCUT2D eigenvalue weighted by Gasteiger charge is -2.17. The number of hydrogen-bond donors (Lipinski definition) is 2. The summed E-state index contributed by atoms with van der Waals surface area (Å²) < 4.78 is 5.67. The Morgan fingerprint density at radius 3 is 1.48 bits per heavy atom. The fourth-order valence-electron chi connectivity index (χ4n) is 3.46. The van der Waals surface area contributed by atoms with E-state index < -0.39 is 0 Å². The summed E-state index contributed by atoms with van der Waals surface area (Å²) in [6.45, 7) is 6.07. The van der Waals surface area contributed by atoms with Crippen molar-refractivity contribution in [3.8, 4) is 17.2 Å². The summed E-state index contributed by atoms with van der Waals surface area (Å²) in [5, 5.41) is 20.4. The fourth-order valence-corrected chi connectivity index (χ4v) is 3.77. The number of rotatable bonds is 5. The van der Waals surface area contributed by atoms with Crippen molar-refractivity contribution in [1.29, 1.82) is 0 Å². The monoisotopic (exact) mass is 380 g/mol. The average Bonchev–Trinajstić information content (AvgIpc) is 2.61. The third-order valence-corrected chi connectivity index (χ3v) is 4.97. The Kier molecular flexibility index (Phi) is 5.72. The number of benzene rings is 3. The lowest BCUT2D eigenvalue weighted by atomic mass is 9.94. The second-order valence-corrected chi connectivity index (χ2v) is 7.38. The Hall–Kier alpha value is -2.51. The molecule has 0 aliphatic carbocycles. The molecule has 3 rings (SSSR count). The van der Waals surface area contributed by atoms with Crippen molar-refractivity contribution >= 4 is 9.47 Å². The van der Waals surface area contributed by atoms with Gasteiger partial charge in [-0.25, -0.2) is 0 Å². The molecule has 0 bridgehead atoms. The first kappa shape index (κ1) is 19.3. The number of hydrogen-bond acceptors (Lipinski definition) is 3. The molecule has 27 heavy (non-hydrogen) atoms. The van der Waals surface area contributed by atoms with Crippen LogP contribution in [0.25, 0.3) is 0 Å². The van der Waals surface area contributed by atoms with E-state index in [4.69, 9.17) is 4.52 Å². The summed E-state index contributed by atoms with van der Waals surface area (Å²) in [7, 11) is 2.33. The first-order valence-corrected chi connectivity index (χ1v) is 9.40. The maximum absolute atomic E-state index is 10.2. The molecule has 0 fully saturated rings. The smallest absolute Gasteiger partial charge is 0.129 e. The maximum Gasteiger partial charge on any atom is 0.129 e. The summed E-state index contributed by atoms with van der Waals surface area (Å²) in [6.07, 6.45) is 1.15. The quantitative estimate of drug-likeness (QED) is 0.585. The largest absolute Gasteiger partial charge is 0.508 e. The molecule has 3 nitrogen and oxygen atoms in total. The highest BCUT2D eigenvalue weighted by atomic mass is 31.0. The molecule has 0 heterocycles. The van der Waals surface area contributed by atoms with E-state index in [1.807, 2.05) is 45.0 Å². The van der Waals surface area contributed by atoms with Crippen molar-refractivity contribution in [3.63, 3.8) is 0 Å². The van der Waals surface area contributed by atoms with Gasteiger partial charge in [-0.1, -0.05) is 53.1 Å². The van der Waals surface area contributed by atoms with Crippen LogP contribution in [0.15, 0.2) is 48.5 Å². The molecule has 0 radical (unpaired) electrons. The predicted molar refractivity (Wildman–Crippen MR) is 113 cm³/mol. The van der Waals surface area contributed by atoms with E-state index in [1.54, 1.807) is 12.1 Å². The van der Waals surface area contributed by atoms with Gasteiger partial charge in [-0.3, -0.25) is 0 Å². The zero-order chi connectivity index (χ0) is 19.6. The molecule has 2 N–H and O–H groups in total. The van der Waals surface area contributed by atoms with Crippen LogP contribution in [-0.4, -0.2) is 10.2 Å². The Balaban J connectivity index is 2.03. The standard InChI is InChI=1S/C23H25O3P/c1-14-4-6-21(24)17(8-14)12-19-10-16(3)11-20(23(19)26-27)13-18-9-15(2)5-7-22(18)25/h4-11,24-25H,12-13,27H2,1-3H3. The summed E-state index contributed by atoms with van der Waals surface area (Å²) in [5.74, 6) is 1.34. The molecular weight excluding hydrogens is 355 g/mol. The first-order chi connectivity index (χ1) is 12.9. The lowest BCUT2D eigenvalue weighted by molar-refractivity contribution is 0.469. The summed E-state index contributed by atoms with van der Waals surface area (Å²) >= 11 is 0. The second kappa shape index (κ2) is 8.02. The van der Waals surface area contributed by atoms with E-state index in [-0.39, 0.29) is 11.5 Å². The molecule has 140 valence electrons. The molecule has 3 aromatic carbocycles. The molecular formula is C23H25O3P. The molecule has 0 aliphatic heterocycles. The van der Waals surface area contributed by atoms with Gasteiger partial charge in [0, 0.05) is 12.8 Å². The van der Waals surface area contributed by atoms with Gasteiger partial charge in [0.05, 0.1) is 9.47 Å². The number of aryl methyl sites for hydroxylation is 3. The van der Waals surface area contributed by atoms with Crippen LogP contribution < -0.4 is 4.52 Å². The zero-order valence-corrected chi connectivity index (χ0v) is 17.1. The summed E-state index contributed by atoms with van der Waals surface area (Å²) in [4.78, 5) is 0. The predicted octanol–water partition coefficient (Wildman–Crippen LogP) is 5.37. The van der Waals surface area contributed by atoms with Crippen molar-refractivity contribution in [2.24, 2.45) is 0 Å². The highest BCUT2D eigenvalue weighted by Crippen LogP contribution is 2.34. The first-order valence-electron chi connectivity index (χ1n) is 8.93. The van der Waals surface area contributed by atoms with Crippen molar-refractivity contribution in [2.75, 3.05) is 0 Å². The Labute approximate surface area is 162 Å². The molecule has 0 aromatic heterocycles. The third-order valence-electron chi connectivity index (χ3n) is 4.74. The maximum atomic E-state index is 10.2. The molecule has 4 heteroatoms. The van der Waals surface area contributed by atoms with E-state index in [0.717, 1.165) is 44.7 Å². The van der Waals surface area contributed by atoms with Crippen LogP contribution in [-0.2, 0) is 12.8 Å². The van der Waals surface area contributed by atoms with Gasteiger partial charge in [0.25, 0.3) is 0 Å². The van der Waals surface area contributed by atoms with Gasteiger partial charge in [-0.05, 0) is 55.2 Å². The highest BCUT2D eigenvalue weighted by Gasteiger charge is 2.15. The van der Waals surface area contributed by atoms with E-state index >= 15 is 0 Å². The van der Waals surface area contributed by atoms with Crippen LogP contribution in [0.3, 0.4) is 0 Å². The molecule has 0 aliphatic rings. The van der Waals surface area contributed by atoms with E-state index in [1.165, 1.54) is 0 Å². The minimum absolute atomic E-state index is 0.287. The van der Waals surface area contributed by atoms with Gasteiger partial charge in [-0.15, -0.1) is 0 Å². The Morgan fingerprint density at radius 1 is 0.667 bits per heavy atom. The molecule has 1 atom stereocenters. The van der Waals surface area contributed by atoms with Crippen LogP contribution in [0.4, 0.5) is 0 Å². The number of aromatic hydroxyl groups is 2. The molecule has 1 unspecified atom stereocenters. The van der Waals surface area contributed by atoms with Gasteiger partial charge in [-0.2, -0.15) is 0 Å². The van der Waals surface area contributed by atoms with E-state index in [2.05, 4.69) is 21.6 Å². The van der Waals surface area contributed by atoms with Crippen LogP contribution in [0.5, 0.6) is 17.2 Å². The van der Waals surface area contributed by atoms with Gasteiger partial charge in [0.15, 0.2) is 0 Å². The van der Waals surface area contributed by atoms with Gasteiger partial charge in [0.1, 0.15) is 17.2 Å². The van der Waals surface area contributed by atoms with Gasteiger partial charge < -0.3 is 14.7 Å². The van der Waals surface area contributed by atoms with Gasteiger partial charge in [0.2, 0.25) is 0 Å². The average molecular weight is 380 g/mol. The Bertz CT molecular complexity index is 905. The topological polar surface area (TPSA) is 49.7 Å². The minimum atomic E-state index is 0.287. The summed E-state index contributed by atoms with van der Waals surface area (Å²) in [5.41, 5.74) is 7.08.